The number of fused-ring (bicyclic) bond motifs is 1. The van der Waals surface area contributed by atoms with Gasteiger partial charge in [0.1, 0.15) is 11.4 Å². The van der Waals surface area contributed by atoms with Crippen LogP contribution >= 0.6 is 0 Å². The minimum atomic E-state index is -0.825. The summed E-state index contributed by atoms with van der Waals surface area (Å²) >= 11 is 0. The van der Waals surface area contributed by atoms with E-state index in [0.717, 1.165) is 11.1 Å². The van der Waals surface area contributed by atoms with Crippen LogP contribution in [0.4, 0.5) is 11.6 Å². The summed E-state index contributed by atoms with van der Waals surface area (Å²) < 4.78 is 5.59. The summed E-state index contributed by atoms with van der Waals surface area (Å²) in [5, 5.41) is 0. The Labute approximate surface area is 200 Å². The van der Waals surface area contributed by atoms with Gasteiger partial charge in [0.25, 0.3) is 17.7 Å². The number of imidazole rings is 2. The molecule has 0 radical (unpaired) electrons. The van der Waals surface area contributed by atoms with Gasteiger partial charge in [-0.15, -0.1) is 0 Å². The van der Waals surface area contributed by atoms with Crippen molar-refractivity contribution in [1.82, 2.24) is 24.8 Å². The molecular weight excluding hydrogens is 450 g/mol. The van der Waals surface area contributed by atoms with Crippen LogP contribution < -0.4 is 15.4 Å². The maximum Gasteiger partial charge on any atom is 0.284 e. The summed E-state index contributed by atoms with van der Waals surface area (Å²) in [6, 6.07) is 10.7. The number of amides is 3. The normalized spacial score (nSPS) is 10.9. The lowest BCUT2D eigenvalue weighted by molar-refractivity contribution is -0.130. The van der Waals surface area contributed by atoms with Crippen molar-refractivity contribution in [2.24, 2.45) is 5.73 Å². The molecule has 2 aromatic carbocycles. The molecule has 0 aliphatic rings. The first-order valence-corrected chi connectivity index (χ1v) is 10.7. The Hall–Kier alpha value is -4.67. The van der Waals surface area contributed by atoms with Gasteiger partial charge in [-0.3, -0.25) is 14.4 Å². The number of H-pyrrole nitrogens is 2. The van der Waals surface area contributed by atoms with Crippen molar-refractivity contribution in [1.29, 1.82) is 0 Å². The molecule has 2 heterocycles. The minimum Gasteiger partial charge on any atom is -0.484 e. The number of hydrogen-bond acceptors (Lipinski definition) is 6. The van der Waals surface area contributed by atoms with Gasteiger partial charge in [0.15, 0.2) is 12.3 Å². The Bertz CT molecular complexity index is 1440. The standard InChI is InChI=1S/C24H25N7O4/c1-13-5-8-18(14(2)9-13)31(23(34)21-20(22(25)33)26-12-27-21)24-28-16-7-6-15(10-17(16)29-24)35-11-19(32)30(3)4/h5-10,12H,11H2,1-4H3,(H2,25,33)(H,26,27)(H,28,29). The quantitative estimate of drug-likeness (QED) is 0.374. The molecule has 4 N–H and O–H groups in total. The van der Waals surface area contributed by atoms with E-state index < -0.39 is 11.8 Å². The lowest BCUT2D eigenvalue weighted by Crippen LogP contribution is -2.30. The molecule has 180 valence electrons. The first-order chi connectivity index (χ1) is 16.7. The first kappa shape index (κ1) is 23.5. The van der Waals surface area contributed by atoms with Gasteiger partial charge in [-0.05, 0) is 37.6 Å². The van der Waals surface area contributed by atoms with Crippen LogP contribution in [0.1, 0.15) is 32.1 Å². The lowest BCUT2D eigenvalue weighted by Gasteiger charge is -2.22. The maximum atomic E-state index is 13.7. The van der Waals surface area contributed by atoms with Gasteiger partial charge in [0, 0.05) is 20.2 Å². The zero-order valence-corrected chi connectivity index (χ0v) is 19.7. The van der Waals surface area contributed by atoms with Gasteiger partial charge in [0.05, 0.1) is 23.0 Å². The second-order valence-corrected chi connectivity index (χ2v) is 8.24. The Morgan fingerprint density at radius 1 is 1.09 bits per heavy atom. The van der Waals surface area contributed by atoms with Gasteiger partial charge < -0.3 is 25.3 Å². The van der Waals surface area contributed by atoms with E-state index in [9.17, 15) is 14.4 Å². The van der Waals surface area contributed by atoms with Crippen LogP contribution in [0.15, 0.2) is 42.7 Å². The number of primary amides is 1. The van der Waals surface area contributed by atoms with Crippen LogP contribution in [0.3, 0.4) is 0 Å². The zero-order chi connectivity index (χ0) is 25.3. The molecule has 0 atom stereocenters. The molecule has 11 heteroatoms. The van der Waals surface area contributed by atoms with Gasteiger partial charge in [-0.25, -0.2) is 14.9 Å². The predicted molar refractivity (Wildman–Crippen MR) is 130 cm³/mol. The van der Waals surface area contributed by atoms with Crippen molar-refractivity contribution in [3.8, 4) is 5.75 Å². The Kier molecular flexibility index (Phi) is 6.24. The second kappa shape index (κ2) is 9.29. The van der Waals surface area contributed by atoms with Crippen molar-refractivity contribution in [2.75, 3.05) is 25.6 Å². The average molecular weight is 476 g/mol. The number of nitrogens with two attached hydrogens (primary N) is 1. The Morgan fingerprint density at radius 3 is 2.54 bits per heavy atom. The zero-order valence-electron chi connectivity index (χ0n) is 19.7. The molecule has 0 aliphatic carbocycles. The molecule has 0 bridgehead atoms. The highest BCUT2D eigenvalue weighted by atomic mass is 16.5. The molecule has 2 aromatic heterocycles. The number of carbonyl (C=O) groups excluding carboxylic acids is 3. The molecule has 11 nitrogen and oxygen atoms in total. The fraction of sp³-hybridized carbons (Fsp3) is 0.208. The number of aryl methyl sites for hydroxylation is 2. The summed E-state index contributed by atoms with van der Waals surface area (Å²) in [7, 11) is 3.30. The molecule has 3 amide bonds. The minimum absolute atomic E-state index is 0.0517. The van der Waals surface area contributed by atoms with E-state index >= 15 is 0 Å². The number of anilines is 2. The van der Waals surface area contributed by atoms with E-state index in [0.29, 0.717) is 22.5 Å². The summed E-state index contributed by atoms with van der Waals surface area (Å²) in [6.45, 7) is 3.72. The van der Waals surface area contributed by atoms with Crippen LogP contribution in [-0.4, -0.2) is 63.3 Å². The summed E-state index contributed by atoms with van der Waals surface area (Å²) in [6.07, 6.45) is 1.24. The lowest BCUT2D eigenvalue weighted by atomic mass is 10.1. The number of rotatable bonds is 7. The molecule has 0 saturated carbocycles. The van der Waals surface area contributed by atoms with Crippen LogP contribution in [0.25, 0.3) is 11.0 Å². The number of ether oxygens (including phenoxy) is 1. The maximum absolute atomic E-state index is 13.7. The second-order valence-electron chi connectivity index (χ2n) is 8.24. The SMILES string of the molecule is Cc1ccc(N(C(=O)c2[nH]cnc2C(N)=O)c2nc3ccc(OCC(=O)N(C)C)cc3[nH]2)c(C)c1. The fourth-order valence-electron chi connectivity index (χ4n) is 3.58. The first-order valence-electron chi connectivity index (χ1n) is 10.7. The molecule has 0 unspecified atom stereocenters. The molecule has 35 heavy (non-hydrogen) atoms. The molecule has 4 aromatic rings. The van der Waals surface area contributed by atoms with Crippen LogP contribution in [0.5, 0.6) is 5.75 Å². The monoisotopic (exact) mass is 475 g/mol. The van der Waals surface area contributed by atoms with Gasteiger partial charge in [-0.2, -0.15) is 0 Å². The van der Waals surface area contributed by atoms with Crippen molar-refractivity contribution < 1.29 is 19.1 Å². The molecule has 4 rings (SSSR count). The third-order valence-electron chi connectivity index (χ3n) is 5.40. The van der Waals surface area contributed by atoms with E-state index in [2.05, 4.69) is 19.9 Å². The largest absolute Gasteiger partial charge is 0.484 e. The average Bonchev–Trinajstić information content (AvgIpc) is 3.45. The van der Waals surface area contributed by atoms with Crippen molar-refractivity contribution in [3.63, 3.8) is 0 Å². The molecular formula is C24H25N7O4. The Morgan fingerprint density at radius 2 is 1.86 bits per heavy atom. The summed E-state index contributed by atoms with van der Waals surface area (Å²) in [5.74, 6) is -0.864. The van der Waals surface area contributed by atoms with Gasteiger partial charge in [0.2, 0.25) is 5.95 Å². The van der Waals surface area contributed by atoms with Gasteiger partial charge >= 0.3 is 0 Å². The van der Waals surface area contributed by atoms with Gasteiger partial charge in [-0.1, -0.05) is 17.7 Å². The van der Waals surface area contributed by atoms with E-state index in [-0.39, 0.29) is 29.9 Å². The van der Waals surface area contributed by atoms with Crippen LogP contribution in [0, 0.1) is 13.8 Å². The highest BCUT2D eigenvalue weighted by molar-refractivity contribution is 6.14. The number of nitrogens with zero attached hydrogens (tertiary/aromatic N) is 4. The highest BCUT2D eigenvalue weighted by Crippen LogP contribution is 2.31. The van der Waals surface area contributed by atoms with Crippen molar-refractivity contribution in [2.45, 2.75) is 13.8 Å². The smallest absolute Gasteiger partial charge is 0.284 e. The fourth-order valence-corrected chi connectivity index (χ4v) is 3.58. The Balaban J connectivity index is 1.77. The summed E-state index contributed by atoms with van der Waals surface area (Å²) in [4.78, 5) is 54.5. The topological polar surface area (TPSA) is 150 Å². The molecule has 0 aliphatic heterocycles. The number of aromatic amines is 2. The number of benzene rings is 2. The van der Waals surface area contributed by atoms with Crippen molar-refractivity contribution >= 4 is 40.4 Å². The number of carbonyl (C=O) groups is 3. The number of aromatic nitrogens is 4. The van der Waals surface area contributed by atoms with E-state index in [4.69, 9.17) is 10.5 Å². The summed E-state index contributed by atoms with van der Waals surface area (Å²) in [5.41, 5.74) is 8.79. The number of hydrogen-bond donors (Lipinski definition) is 3. The highest BCUT2D eigenvalue weighted by Gasteiger charge is 2.29. The molecule has 0 fully saturated rings. The van der Waals surface area contributed by atoms with E-state index in [1.54, 1.807) is 38.4 Å². The molecule has 0 saturated heterocycles. The van der Waals surface area contributed by atoms with E-state index in [1.807, 2.05) is 26.0 Å². The van der Waals surface area contributed by atoms with Crippen molar-refractivity contribution in [3.05, 3.63) is 65.2 Å². The van der Waals surface area contributed by atoms with Crippen LogP contribution in [-0.2, 0) is 4.79 Å². The molecule has 0 spiro atoms. The number of nitrogens with one attached hydrogen (secondary N) is 2. The third-order valence-corrected chi connectivity index (χ3v) is 5.40. The van der Waals surface area contributed by atoms with Crippen LogP contribution in [0.2, 0.25) is 0 Å². The van der Waals surface area contributed by atoms with E-state index in [1.165, 1.54) is 16.1 Å². The third kappa shape index (κ3) is 4.69. The predicted octanol–water partition coefficient (Wildman–Crippen LogP) is 2.45. The number of likely N-dealkylation sites (N-methyl/N-ethyl adjacent to an activating group) is 1.